The molecule has 2 aromatic rings. The quantitative estimate of drug-likeness (QED) is 0.294. The van der Waals surface area contributed by atoms with E-state index in [0.29, 0.717) is 44.1 Å². The van der Waals surface area contributed by atoms with Gasteiger partial charge in [0, 0.05) is 25.3 Å². The molecule has 0 unspecified atom stereocenters. The van der Waals surface area contributed by atoms with Crippen molar-refractivity contribution in [1.82, 2.24) is 4.90 Å². The van der Waals surface area contributed by atoms with Crippen LogP contribution in [0.4, 0.5) is 0 Å². The highest BCUT2D eigenvalue weighted by Crippen LogP contribution is 2.39. The van der Waals surface area contributed by atoms with Gasteiger partial charge in [0.1, 0.15) is 11.5 Å². The van der Waals surface area contributed by atoms with Crippen molar-refractivity contribution in [2.75, 3.05) is 26.4 Å². The molecule has 6 heteroatoms. The van der Waals surface area contributed by atoms with Gasteiger partial charge in [0.2, 0.25) is 0 Å². The molecule has 1 aliphatic rings. The highest BCUT2D eigenvalue weighted by Gasteiger charge is 2.45. The van der Waals surface area contributed by atoms with Gasteiger partial charge in [-0.2, -0.15) is 0 Å². The van der Waals surface area contributed by atoms with Gasteiger partial charge in [-0.1, -0.05) is 42.5 Å². The number of likely N-dealkylation sites (tertiary alicyclic amines) is 1. The van der Waals surface area contributed by atoms with Crippen molar-refractivity contribution < 1.29 is 24.2 Å². The second-order valence-electron chi connectivity index (χ2n) is 6.91. The highest BCUT2D eigenvalue weighted by atomic mass is 16.5. The summed E-state index contributed by atoms with van der Waals surface area (Å²) in [4.78, 5) is 27.3. The number of benzene rings is 2. The predicted molar refractivity (Wildman–Crippen MR) is 114 cm³/mol. The fourth-order valence-electron chi connectivity index (χ4n) is 3.60. The Morgan fingerprint density at radius 1 is 1.00 bits per heavy atom. The zero-order valence-corrected chi connectivity index (χ0v) is 17.3. The summed E-state index contributed by atoms with van der Waals surface area (Å²) in [7, 11) is 0. The minimum absolute atomic E-state index is 0.103. The minimum atomic E-state index is -0.674. The molecule has 1 heterocycles. The van der Waals surface area contributed by atoms with Crippen molar-refractivity contribution in [3.05, 3.63) is 71.3 Å². The molecule has 0 saturated carbocycles. The Kier molecular flexibility index (Phi) is 7.25. The van der Waals surface area contributed by atoms with Crippen LogP contribution in [0.15, 0.2) is 60.2 Å². The van der Waals surface area contributed by atoms with E-state index in [1.54, 1.807) is 24.3 Å². The molecule has 0 bridgehead atoms. The van der Waals surface area contributed by atoms with Crippen molar-refractivity contribution in [3.8, 4) is 5.75 Å². The number of amides is 1. The van der Waals surface area contributed by atoms with Gasteiger partial charge in [-0.3, -0.25) is 9.59 Å². The second kappa shape index (κ2) is 10.1. The Morgan fingerprint density at radius 3 is 2.33 bits per heavy atom. The average molecular weight is 409 g/mol. The lowest BCUT2D eigenvalue weighted by molar-refractivity contribution is -0.140. The van der Waals surface area contributed by atoms with Gasteiger partial charge in [-0.25, -0.2) is 0 Å². The number of ketones is 1. The fourth-order valence-corrected chi connectivity index (χ4v) is 3.60. The van der Waals surface area contributed by atoms with E-state index in [2.05, 4.69) is 0 Å². The van der Waals surface area contributed by atoms with E-state index in [9.17, 15) is 14.7 Å². The molecular weight excluding hydrogens is 382 g/mol. The molecule has 0 aromatic heterocycles. The third-order valence-electron chi connectivity index (χ3n) is 4.99. The summed E-state index contributed by atoms with van der Waals surface area (Å²) in [5.74, 6) is -0.743. The lowest BCUT2D eigenvalue weighted by Crippen LogP contribution is -2.31. The van der Waals surface area contributed by atoms with E-state index in [-0.39, 0.29) is 11.3 Å². The van der Waals surface area contributed by atoms with Crippen molar-refractivity contribution in [1.29, 1.82) is 0 Å². The Labute approximate surface area is 176 Å². The van der Waals surface area contributed by atoms with Crippen molar-refractivity contribution in [2.45, 2.75) is 26.3 Å². The molecule has 0 radical (unpaired) electrons. The molecule has 30 heavy (non-hydrogen) atoms. The number of aliphatic hydroxyl groups excluding tert-OH is 1. The number of aliphatic hydroxyl groups is 1. The van der Waals surface area contributed by atoms with Crippen molar-refractivity contribution in [3.63, 3.8) is 0 Å². The number of carbonyl (C=O) groups is 2. The Hall–Kier alpha value is -3.12. The van der Waals surface area contributed by atoms with E-state index in [1.165, 1.54) is 4.90 Å². The van der Waals surface area contributed by atoms with Gasteiger partial charge in [-0.15, -0.1) is 0 Å². The van der Waals surface area contributed by atoms with Crippen molar-refractivity contribution in [2.24, 2.45) is 0 Å². The highest BCUT2D eigenvalue weighted by molar-refractivity contribution is 6.46. The first kappa shape index (κ1) is 21.6. The van der Waals surface area contributed by atoms with Crippen LogP contribution in [0.2, 0.25) is 0 Å². The van der Waals surface area contributed by atoms with Gasteiger partial charge >= 0.3 is 0 Å². The summed E-state index contributed by atoms with van der Waals surface area (Å²) in [6, 6.07) is 15.4. The molecule has 158 valence electrons. The van der Waals surface area contributed by atoms with E-state index >= 15 is 0 Å². The Bertz CT molecular complexity index is 905. The molecule has 1 amide bonds. The number of ether oxygens (including phenoxy) is 2. The van der Waals surface area contributed by atoms with Crippen LogP contribution in [0.25, 0.3) is 5.76 Å². The molecule has 6 nitrogen and oxygen atoms in total. The molecule has 1 aliphatic heterocycles. The van der Waals surface area contributed by atoms with E-state index in [0.717, 1.165) is 5.56 Å². The molecule has 0 aliphatic carbocycles. The van der Waals surface area contributed by atoms with Crippen LogP contribution in [0.3, 0.4) is 0 Å². The van der Waals surface area contributed by atoms with Crippen LogP contribution in [-0.2, 0) is 14.3 Å². The zero-order chi connectivity index (χ0) is 21.5. The topological polar surface area (TPSA) is 76.1 Å². The Balaban J connectivity index is 2.02. The summed E-state index contributed by atoms with van der Waals surface area (Å²) >= 11 is 0. The number of nitrogens with zero attached hydrogens (tertiary/aromatic N) is 1. The third kappa shape index (κ3) is 4.54. The molecule has 1 saturated heterocycles. The molecule has 1 N–H and O–H groups in total. The van der Waals surface area contributed by atoms with E-state index in [1.807, 2.05) is 44.2 Å². The first-order valence-corrected chi connectivity index (χ1v) is 10.2. The first-order valence-electron chi connectivity index (χ1n) is 10.2. The van der Waals surface area contributed by atoms with Crippen LogP contribution in [-0.4, -0.2) is 48.1 Å². The largest absolute Gasteiger partial charge is 0.507 e. The predicted octanol–water partition coefficient (Wildman–Crippen LogP) is 3.93. The smallest absolute Gasteiger partial charge is 0.295 e. The maximum Gasteiger partial charge on any atom is 0.295 e. The molecule has 0 spiro atoms. The monoisotopic (exact) mass is 409 g/mol. The Morgan fingerprint density at radius 2 is 1.70 bits per heavy atom. The van der Waals surface area contributed by atoms with Crippen LogP contribution in [0, 0.1) is 0 Å². The normalized spacial score (nSPS) is 18.1. The third-order valence-corrected chi connectivity index (χ3v) is 4.99. The van der Waals surface area contributed by atoms with Crippen LogP contribution in [0.5, 0.6) is 5.75 Å². The second-order valence-corrected chi connectivity index (χ2v) is 6.91. The summed E-state index contributed by atoms with van der Waals surface area (Å²) in [6.45, 7) is 5.80. The SMILES string of the molecule is CCOCCCN1C(=O)C(=O)C(=C(O)c2ccccc2)[C@@H]1c1ccc(OCC)cc1. The molecular formula is C24H27NO5. The molecule has 1 atom stereocenters. The van der Waals surface area contributed by atoms with Gasteiger partial charge in [0.05, 0.1) is 18.2 Å². The van der Waals surface area contributed by atoms with Crippen LogP contribution < -0.4 is 4.74 Å². The maximum atomic E-state index is 12.9. The van der Waals surface area contributed by atoms with Gasteiger partial charge in [0.25, 0.3) is 11.7 Å². The molecule has 1 fully saturated rings. The zero-order valence-electron chi connectivity index (χ0n) is 17.3. The fraction of sp³-hybridized carbons (Fsp3) is 0.333. The summed E-state index contributed by atoms with van der Waals surface area (Å²) in [5, 5.41) is 10.9. The number of hydrogen-bond acceptors (Lipinski definition) is 5. The van der Waals surface area contributed by atoms with Gasteiger partial charge in [0.15, 0.2) is 0 Å². The number of rotatable bonds is 9. The summed E-state index contributed by atoms with van der Waals surface area (Å²) < 4.78 is 10.9. The van der Waals surface area contributed by atoms with Gasteiger partial charge in [-0.05, 0) is 38.0 Å². The minimum Gasteiger partial charge on any atom is -0.507 e. The standard InChI is InChI=1S/C24H27NO5/c1-3-29-16-8-15-25-21(17-11-13-19(14-12-17)30-4-2)20(23(27)24(25)28)22(26)18-9-6-5-7-10-18/h5-7,9-14,21,26H,3-4,8,15-16H2,1-2H3/t21-/m0/s1. The van der Waals surface area contributed by atoms with Crippen LogP contribution >= 0.6 is 0 Å². The number of hydrogen-bond donors (Lipinski definition) is 1. The van der Waals surface area contributed by atoms with E-state index < -0.39 is 17.7 Å². The average Bonchev–Trinajstić information content (AvgIpc) is 3.02. The number of carbonyl (C=O) groups excluding carboxylic acids is 2. The summed E-state index contributed by atoms with van der Waals surface area (Å²) in [5.41, 5.74) is 1.35. The first-order chi connectivity index (χ1) is 14.6. The molecule has 3 rings (SSSR count). The lowest BCUT2D eigenvalue weighted by Gasteiger charge is -2.25. The van der Waals surface area contributed by atoms with Crippen LogP contribution in [0.1, 0.15) is 37.4 Å². The maximum absolute atomic E-state index is 12.9. The molecule has 2 aromatic carbocycles. The van der Waals surface area contributed by atoms with Crippen molar-refractivity contribution >= 4 is 17.4 Å². The van der Waals surface area contributed by atoms with E-state index in [4.69, 9.17) is 9.47 Å². The summed E-state index contributed by atoms with van der Waals surface area (Å²) in [6.07, 6.45) is 0.597. The van der Waals surface area contributed by atoms with Gasteiger partial charge < -0.3 is 19.5 Å². The number of Topliss-reactive ketones (excluding diaryl/α,β-unsaturated/α-hetero) is 1. The lowest BCUT2D eigenvalue weighted by atomic mass is 9.95.